The molecule has 0 bridgehead atoms. The van der Waals surface area contributed by atoms with Gasteiger partial charge in [-0.25, -0.2) is 0 Å². The van der Waals surface area contributed by atoms with Gasteiger partial charge in [-0.15, -0.1) is 0 Å². The summed E-state index contributed by atoms with van der Waals surface area (Å²) in [5.41, 5.74) is 4.00. The number of fused-ring (bicyclic) bond motifs is 3. The minimum atomic E-state index is -0.342. The van der Waals surface area contributed by atoms with Gasteiger partial charge in [-0.2, -0.15) is 0 Å². The van der Waals surface area contributed by atoms with E-state index >= 15 is 0 Å². The van der Waals surface area contributed by atoms with Crippen molar-refractivity contribution < 1.29 is 14.4 Å². The quantitative estimate of drug-likeness (QED) is 0.209. The molecule has 0 atom stereocenters. The third-order valence-corrected chi connectivity index (χ3v) is 7.28. The monoisotopic (exact) mass is 543 g/mol. The maximum absolute atomic E-state index is 13.8. The molecule has 7 rings (SSSR count). The van der Waals surface area contributed by atoms with Gasteiger partial charge >= 0.3 is 0 Å². The van der Waals surface area contributed by atoms with Crippen molar-refractivity contribution in [1.82, 2.24) is 15.0 Å². The molecule has 4 aromatic carbocycles. The van der Waals surface area contributed by atoms with Gasteiger partial charge < -0.3 is 0 Å². The van der Waals surface area contributed by atoms with Crippen molar-refractivity contribution >= 4 is 50.1 Å². The van der Waals surface area contributed by atoms with Crippen molar-refractivity contribution in [2.45, 2.75) is 0 Å². The van der Waals surface area contributed by atoms with E-state index in [0.29, 0.717) is 16.7 Å². The molecular weight excluding hydrogens is 522 g/mol. The fraction of sp³-hybridized carbons (Fsp3) is 0. The van der Waals surface area contributed by atoms with Gasteiger partial charge in [0.1, 0.15) is 0 Å². The summed E-state index contributed by atoms with van der Waals surface area (Å²) < 4.78 is 0. The second-order valence-corrected chi connectivity index (χ2v) is 10.0. The van der Waals surface area contributed by atoms with Crippen LogP contribution in [-0.2, 0) is 0 Å². The summed E-state index contributed by atoms with van der Waals surface area (Å²) in [7, 11) is 0. The van der Waals surface area contributed by atoms with Crippen LogP contribution in [0.4, 0.5) is 0 Å². The Morgan fingerprint density at radius 2 is 0.643 bits per heavy atom. The summed E-state index contributed by atoms with van der Waals surface area (Å²) in [4.78, 5) is 54.6. The Hall–Kier alpha value is -5.88. The second kappa shape index (κ2) is 10.3. The number of carbonyl (C=O) groups excluding carboxylic acids is 3. The lowest BCUT2D eigenvalue weighted by molar-refractivity contribution is 0.103. The van der Waals surface area contributed by atoms with E-state index in [4.69, 9.17) is 0 Å². The molecule has 0 N–H and O–H groups in total. The number of ketones is 3. The molecule has 0 aliphatic rings. The van der Waals surface area contributed by atoms with Crippen LogP contribution in [0.2, 0.25) is 0 Å². The summed E-state index contributed by atoms with van der Waals surface area (Å²) in [5.74, 6) is -1.03. The summed E-state index contributed by atoms with van der Waals surface area (Å²) in [6, 6.07) is 32.4. The average molecular weight is 544 g/mol. The number of benzene rings is 4. The Labute approximate surface area is 240 Å². The normalized spacial score (nSPS) is 11.1. The highest BCUT2D eigenvalue weighted by molar-refractivity contribution is 6.18. The van der Waals surface area contributed by atoms with Crippen LogP contribution in [-0.4, -0.2) is 32.3 Å². The zero-order chi connectivity index (χ0) is 28.6. The third-order valence-electron chi connectivity index (χ3n) is 7.28. The lowest BCUT2D eigenvalue weighted by Crippen LogP contribution is -2.11. The van der Waals surface area contributed by atoms with Crippen molar-refractivity contribution in [2.75, 3.05) is 0 Å². The molecule has 6 heteroatoms. The fourth-order valence-corrected chi connectivity index (χ4v) is 5.11. The molecule has 3 heterocycles. The van der Waals surface area contributed by atoms with Crippen LogP contribution in [0.3, 0.4) is 0 Å². The molecule has 0 saturated heterocycles. The van der Waals surface area contributed by atoms with Gasteiger partial charge in [0.25, 0.3) is 0 Å². The van der Waals surface area contributed by atoms with E-state index in [0.717, 1.165) is 32.7 Å². The SMILES string of the molecule is O=C(c1cc(C(=O)c2cnc3ccccc3c2)cc(C(=O)c2cnc3ccccc3c2)c1)c1cnc2ccccc2c1. The molecule has 7 aromatic rings. The highest BCUT2D eigenvalue weighted by Gasteiger charge is 2.21. The third kappa shape index (κ3) is 4.61. The van der Waals surface area contributed by atoms with Crippen LogP contribution in [0.5, 0.6) is 0 Å². The van der Waals surface area contributed by atoms with Crippen molar-refractivity contribution in [3.8, 4) is 0 Å². The van der Waals surface area contributed by atoms with Crippen molar-refractivity contribution in [2.24, 2.45) is 0 Å². The molecule has 0 saturated carbocycles. The lowest BCUT2D eigenvalue weighted by Gasteiger charge is -2.10. The summed E-state index contributed by atoms with van der Waals surface area (Å²) in [6.07, 6.45) is 4.55. The van der Waals surface area contributed by atoms with Crippen LogP contribution < -0.4 is 0 Å². The maximum Gasteiger partial charge on any atom is 0.194 e. The van der Waals surface area contributed by atoms with Crippen molar-refractivity contribution in [3.63, 3.8) is 0 Å². The first-order valence-corrected chi connectivity index (χ1v) is 13.4. The molecule has 0 radical (unpaired) electrons. The summed E-state index contributed by atoms with van der Waals surface area (Å²) in [5, 5.41) is 2.45. The highest BCUT2D eigenvalue weighted by Crippen LogP contribution is 2.24. The van der Waals surface area contributed by atoms with E-state index < -0.39 is 0 Å². The fourth-order valence-electron chi connectivity index (χ4n) is 5.11. The summed E-state index contributed by atoms with van der Waals surface area (Å²) in [6.45, 7) is 0. The van der Waals surface area contributed by atoms with E-state index in [9.17, 15) is 14.4 Å². The van der Waals surface area contributed by atoms with Gasteiger partial charge in [0.2, 0.25) is 0 Å². The molecule has 3 aromatic heterocycles. The second-order valence-electron chi connectivity index (χ2n) is 10.0. The van der Waals surface area contributed by atoms with Gasteiger partial charge in [0, 0.05) is 68.1 Å². The summed E-state index contributed by atoms with van der Waals surface area (Å²) >= 11 is 0. The highest BCUT2D eigenvalue weighted by atomic mass is 16.1. The minimum absolute atomic E-state index is 0.212. The van der Waals surface area contributed by atoms with Gasteiger partial charge in [0.15, 0.2) is 17.3 Å². The first-order chi connectivity index (χ1) is 20.5. The molecule has 0 spiro atoms. The Bertz CT molecular complexity index is 1960. The standard InChI is InChI=1S/C36H21N3O3/c40-34(28-13-22-7-1-4-10-31(22)37-19-28)25-16-26(35(41)29-14-23-8-2-5-11-32(23)38-20-29)18-27(17-25)36(42)30-15-24-9-3-6-12-33(24)39-21-30/h1-21H. The molecule has 42 heavy (non-hydrogen) atoms. The number of para-hydroxylation sites is 3. The van der Waals surface area contributed by atoms with Gasteiger partial charge in [-0.05, 0) is 54.6 Å². The van der Waals surface area contributed by atoms with Crippen LogP contribution in [0.1, 0.15) is 47.8 Å². The van der Waals surface area contributed by atoms with Crippen molar-refractivity contribution in [1.29, 1.82) is 0 Å². The molecule has 198 valence electrons. The van der Waals surface area contributed by atoms with Crippen molar-refractivity contribution in [3.05, 3.63) is 161 Å². The van der Waals surface area contributed by atoms with Crippen LogP contribution in [0, 0.1) is 0 Å². The van der Waals surface area contributed by atoms with E-state index in [1.165, 1.54) is 36.8 Å². The average Bonchev–Trinajstić information content (AvgIpc) is 3.06. The van der Waals surface area contributed by atoms with Crippen LogP contribution in [0.25, 0.3) is 32.7 Å². The number of aromatic nitrogens is 3. The van der Waals surface area contributed by atoms with E-state index in [-0.39, 0.29) is 34.0 Å². The first-order valence-electron chi connectivity index (χ1n) is 13.4. The predicted molar refractivity (Wildman–Crippen MR) is 162 cm³/mol. The predicted octanol–water partition coefficient (Wildman–Crippen LogP) is 7.02. The largest absolute Gasteiger partial charge is 0.289 e. The van der Waals surface area contributed by atoms with Gasteiger partial charge in [-0.1, -0.05) is 54.6 Å². The zero-order valence-electron chi connectivity index (χ0n) is 22.2. The van der Waals surface area contributed by atoms with Crippen LogP contribution in [0.15, 0.2) is 128 Å². The Kier molecular flexibility index (Phi) is 6.14. The molecule has 6 nitrogen and oxygen atoms in total. The van der Waals surface area contributed by atoms with Gasteiger partial charge in [0.05, 0.1) is 16.6 Å². The van der Waals surface area contributed by atoms with E-state index in [1.807, 2.05) is 72.8 Å². The number of nitrogens with zero attached hydrogens (tertiary/aromatic N) is 3. The minimum Gasteiger partial charge on any atom is -0.289 e. The molecule has 0 aliphatic heterocycles. The molecular formula is C36H21N3O3. The topological polar surface area (TPSA) is 89.9 Å². The number of rotatable bonds is 6. The number of hydrogen-bond donors (Lipinski definition) is 0. The Balaban J connectivity index is 1.35. The Morgan fingerprint density at radius 1 is 0.357 bits per heavy atom. The zero-order valence-corrected chi connectivity index (χ0v) is 22.2. The van der Waals surface area contributed by atoms with E-state index in [1.54, 1.807) is 18.2 Å². The number of hydrogen-bond acceptors (Lipinski definition) is 6. The molecule has 0 unspecified atom stereocenters. The smallest absolute Gasteiger partial charge is 0.194 e. The van der Waals surface area contributed by atoms with E-state index in [2.05, 4.69) is 15.0 Å². The maximum atomic E-state index is 13.8. The number of pyridine rings is 3. The number of carbonyl (C=O) groups is 3. The first kappa shape index (κ1) is 25.1. The molecule has 0 amide bonds. The molecule has 0 aliphatic carbocycles. The Morgan fingerprint density at radius 3 is 0.952 bits per heavy atom. The van der Waals surface area contributed by atoms with Gasteiger partial charge in [-0.3, -0.25) is 29.3 Å². The lowest BCUT2D eigenvalue weighted by atomic mass is 9.92. The van der Waals surface area contributed by atoms with Crippen LogP contribution >= 0.6 is 0 Å². The molecule has 0 fully saturated rings.